The Morgan fingerprint density at radius 1 is 1.15 bits per heavy atom. The van der Waals surface area contributed by atoms with Crippen LogP contribution in [0.15, 0.2) is 41.3 Å². The quantitative estimate of drug-likeness (QED) is 0.419. The van der Waals surface area contributed by atoms with Crippen LogP contribution in [-0.2, 0) is 14.8 Å². The summed E-state index contributed by atoms with van der Waals surface area (Å²) in [6, 6.07) is 8.77. The highest BCUT2D eigenvalue weighted by Gasteiger charge is 2.25. The van der Waals surface area contributed by atoms with Gasteiger partial charge in [0.2, 0.25) is 5.91 Å². The summed E-state index contributed by atoms with van der Waals surface area (Å²) in [6.45, 7) is 3.48. The van der Waals surface area contributed by atoms with Crippen LogP contribution in [0.1, 0.15) is 36.9 Å². The van der Waals surface area contributed by atoms with E-state index >= 15 is 0 Å². The van der Waals surface area contributed by atoms with Gasteiger partial charge in [-0.1, -0.05) is 47.9 Å². The number of sulfonamides is 1. The molecule has 0 spiro atoms. The van der Waals surface area contributed by atoms with Gasteiger partial charge in [0.1, 0.15) is 5.82 Å². The molecule has 1 fully saturated rings. The van der Waals surface area contributed by atoms with Crippen molar-refractivity contribution in [2.45, 2.75) is 44.4 Å². The second kappa shape index (κ2) is 9.40. The van der Waals surface area contributed by atoms with Crippen molar-refractivity contribution in [3.8, 4) is 10.4 Å². The molecule has 2 N–H and O–H groups in total. The molecule has 3 aromatic rings. The Morgan fingerprint density at radius 3 is 2.58 bits per heavy atom. The largest absolute Gasteiger partial charge is 0.302 e. The number of hydrogen-bond acceptors (Lipinski definition) is 5. The summed E-state index contributed by atoms with van der Waals surface area (Å²) in [7, 11) is -4.06. The van der Waals surface area contributed by atoms with Crippen LogP contribution < -0.4 is 10.0 Å². The lowest BCUT2D eigenvalue weighted by atomic mass is 10.1. The molecule has 1 heterocycles. The second-order valence-corrected chi connectivity index (χ2v) is 11.2. The molecule has 0 bridgehead atoms. The minimum Gasteiger partial charge on any atom is -0.302 e. The molecule has 0 aliphatic heterocycles. The molecule has 33 heavy (non-hydrogen) atoms. The highest BCUT2D eigenvalue weighted by molar-refractivity contribution is 7.92. The number of benzene rings is 2. The van der Waals surface area contributed by atoms with Gasteiger partial charge in [0, 0.05) is 10.9 Å². The first-order chi connectivity index (χ1) is 15.6. The summed E-state index contributed by atoms with van der Waals surface area (Å²) in [5.41, 5.74) is 1.66. The maximum absolute atomic E-state index is 14.2. The summed E-state index contributed by atoms with van der Waals surface area (Å²) in [6.07, 6.45) is 3.91. The molecule has 2 aromatic carbocycles. The molecule has 0 radical (unpaired) electrons. The fourth-order valence-electron chi connectivity index (χ4n) is 3.92. The van der Waals surface area contributed by atoms with E-state index in [9.17, 15) is 17.6 Å². The van der Waals surface area contributed by atoms with E-state index in [-0.39, 0.29) is 27.4 Å². The van der Waals surface area contributed by atoms with Crippen molar-refractivity contribution >= 4 is 49.7 Å². The predicted molar refractivity (Wildman–Crippen MR) is 130 cm³/mol. The Kier molecular flexibility index (Phi) is 6.74. The molecule has 174 valence electrons. The predicted octanol–water partition coefficient (Wildman–Crippen LogP) is 6.15. The van der Waals surface area contributed by atoms with Crippen LogP contribution >= 0.6 is 22.9 Å². The smallest absolute Gasteiger partial charge is 0.262 e. The minimum atomic E-state index is -4.06. The van der Waals surface area contributed by atoms with E-state index in [1.807, 2.05) is 6.92 Å². The summed E-state index contributed by atoms with van der Waals surface area (Å²) < 4.78 is 42.5. The number of rotatable bonds is 6. The highest BCUT2D eigenvalue weighted by atomic mass is 35.5. The van der Waals surface area contributed by atoms with Gasteiger partial charge in [-0.3, -0.25) is 9.52 Å². The Morgan fingerprint density at radius 2 is 1.88 bits per heavy atom. The Bertz CT molecular complexity index is 1320. The van der Waals surface area contributed by atoms with Gasteiger partial charge in [-0.25, -0.2) is 17.8 Å². The number of nitrogens with zero attached hydrogens (tertiary/aromatic N) is 1. The van der Waals surface area contributed by atoms with Crippen LogP contribution in [0.25, 0.3) is 10.4 Å². The number of hydrogen-bond donors (Lipinski definition) is 2. The molecule has 10 heteroatoms. The third kappa shape index (κ3) is 5.20. The summed E-state index contributed by atoms with van der Waals surface area (Å²) in [5, 5.41) is 3.56. The SMILES string of the molecule is Cc1ccc(-c2sc(NC(=O)C3CCCC3)nc2C)cc1S(=O)(=O)Nc1ccc(Cl)cc1F. The van der Waals surface area contributed by atoms with Crippen LogP contribution in [0.4, 0.5) is 15.2 Å². The summed E-state index contributed by atoms with van der Waals surface area (Å²) in [5.74, 6) is -0.761. The molecule has 1 aromatic heterocycles. The number of nitrogens with one attached hydrogen (secondary N) is 2. The van der Waals surface area contributed by atoms with E-state index in [1.54, 1.807) is 19.1 Å². The summed E-state index contributed by atoms with van der Waals surface area (Å²) in [4.78, 5) is 17.7. The van der Waals surface area contributed by atoms with E-state index in [1.165, 1.54) is 29.5 Å². The molecule has 0 unspecified atom stereocenters. The van der Waals surface area contributed by atoms with Gasteiger partial charge >= 0.3 is 0 Å². The van der Waals surface area contributed by atoms with Crippen molar-refractivity contribution in [3.63, 3.8) is 0 Å². The third-order valence-electron chi connectivity index (χ3n) is 5.67. The normalized spacial score (nSPS) is 14.4. The lowest BCUT2D eigenvalue weighted by Crippen LogP contribution is -2.20. The standard InChI is InChI=1S/C23H23ClFN3O3S2/c1-13-7-8-16(11-20(13)33(30,31)28-19-10-9-17(24)12-18(19)25)21-14(2)26-23(32-21)27-22(29)15-5-3-4-6-15/h7-12,15,28H,3-6H2,1-2H3,(H,26,27,29). The van der Waals surface area contributed by atoms with Crippen molar-refractivity contribution in [3.05, 3.63) is 58.5 Å². The molecule has 0 saturated heterocycles. The summed E-state index contributed by atoms with van der Waals surface area (Å²) >= 11 is 7.06. The van der Waals surface area contributed by atoms with Gasteiger partial charge in [0.15, 0.2) is 5.13 Å². The van der Waals surface area contributed by atoms with Crippen molar-refractivity contribution < 1.29 is 17.6 Å². The van der Waals surface area contributed by atoms with Gasteiger partial charge in [0.25, 0.3) is 10.0 Å². The molecular formula is C23H23ClFN3O3S2. The molecule has 1 aliphatic carbocycles. The Balaban J connectivity index is 1.62. The fourth-order valence-corrected chi connectivity index (χ4v) is 6.38. The van der Waals surface area contributed by atoms with Crippen molar-refractivity contribution in [2.75, 3.05) is 10.0 Å². The van der Waals surface area contributed by atoms with Gasteiger partial charge in [-0.2, -0.15) is 0 Å². The molecule has 6 nitrogen and oxygen atoms in total. The zero-order chi connectivity index (χ0) is 23.8. The van der Waals surface area contributed by atoms with E-state index in [2.05, 4.69) is 15.0 Å². The van der Waals surface area contributed by atoms with Crippen molar-refractivity contribution in [1.82, 2.24) is 4.98 Å². The number of carbonyl (C=O) groups is 1. The number of aryl methyl sites for hydroxylation is 2. The molecule has 4 rings (SSSR count). The van der Waals surface area contributed by atoms with Crippen molar-refractivity contribution in [1.29, 1.82) is 0 Å². The molecular weight excluding hydrogens is 485 g/mol. The molecule has 1 amide bonds. The zero-order valence-corrected chi connectivity index (χ0v) is 20.5. The topological polar surface area (TPSA) is 88.2 Å². The van der Waals surface area contributed by atoms with Gasteiger partial charge in [-0.05, 0) is 62.1 Å². The first-order valence-electron chi connectivity index (χ1n) is 10.5. The lowest BCUT2D eigenvalue weighted by Gasteiger charge is -2.12. The van der Waals surface area contributed by atoms with Crippen LogP contribution in [0.2, 0.25) is 5.02 Å². The monoisotopic (exact) mass is 507 g/mol. The number of anilines is 2. The first kappa shape index (κ1) is 23.7. The number of carbonyl (C=O) groups excluding carboxylic acids is 1. The van der Waals surface area contributed by atoms with Crippen LogP contribution in [0.3, 0.4) is 0 Å². The van der Waals surface area contributed by atoms with E-state index in [0.717, 1.165) is 36.6 Å². The van der Waals surface area contributed by atoms with E-state index < -0.39 is 15.8 Å². The van der Waals surface area contributed by atoms with Gasteiger partial charge in [-0.15, -0.1) is 0 Å². The Hall–Kier alpha value is -2.49. The van der Waals surface area contributed by atoms with E-state index in [4.69, 9.17) is 11.6 Å². The molecule has 1 aliphatic rings. The minimum absolute atomic E-state index is 0.0193. The molecule has 0 atom stereocenters. The van der Waals surface area contributed by atoms with E-state index in [0.29, 0.717) is 22.0 Å². The maximum Gasteiger partial charge on any atom is 0.262 e. The first-order valence-corrected chi connectivity index (χ1v) is 13.2. The van der Waals surface area contributed by atoms with Crippen LogP contribution in [0.5, 0.6) is 0 Å². The molecule has 1 saturated carbocycles. The number of aromatic nitrogens is 1. The second-order valence-electron chi connectivity index (χ2n) is 8.11. The fraction of sp³-hybridized carbons (Fsp3) is 0.304. The van der Waals surface area contributed by atoms with Crippen molar-refractivity contribution in [2.24, 2.45) is 5.92 Å². The van der Waals surface area contributed by atoms with Gasteiger partial charge in [0.05, 0.1) is 21.2 Å². The zero-order valence-electron chi connectivity index (χ0n) is 18.1. The maximum atomic E-state index is 14.2. The number of thiazole rings is 1. The third-order valence-corrected chi connectivity index (χ3v) is 8.53. The average molecular weight is 508 g/mol. The van der Waals surface area contributed by atoms with Gasteiger partial charge < -0.3 is 5.32 Å². The highest BCUT2D eigenvalue weighted by Crippen LogP contribution is 2.36. The van der Waals surface area contributed by atoms with Crippen LogP contribution in [-0.4, -0.2) is 19.3 Å². The average Bonchev–Trinajstić information content (AvgIpc) is 3.40. The lowest BCUT2D eigenvalue weighted by molar-refractivity contribution is -0.119. The Labute approximate surface area is 201 Å². The number of amides is 1. The van der Waals surface area contributed by atoms with Crippen LogP contribution in [0, 0.1) is 25.6 Å². The number of halogens is 2.